The van der Waals surface area contributed by atoms with Crippen molar-refractivity contribution in [1.29, 1.82) is 0 Å². The minimum atomic E-state index is -4.15. The number of carboxylic acid groups (broad SMARTS) is 1. The van der Waals surface area contributed by atoms with Crippen molar-refractivity contribution >= 4 is 12.3 Å². The Morgan fingerprint density at radius 1 is 0.917 bits per heavy atom. The molecule has 0 saturated carbocycles. The summed E-state index contributed by atoms with van der Waals surface area (Å²) in [5.41, 5.74) is -1.50. The standard InChI is InChI=1S/C5H13O6P/c6-1-12(2-7,3-8,4-9)5(10)11/h6-9H,1-4H2,(H,10,11). The van der Waals surface area contributed by atoms with Crippen LogP contribution in [0, 0.1) is 0 Å². The Kier molecular flexibility index (Phi) is 3.56. The normalized spacial score (nSPS) is 15.2. The maximum atomic E-state index is 10.7. The second-order valence-electron chi connectivity index (χ2n) is 2.82. The molecule has 0 amide bonds. The van der Waals surface area contributed by atoms with Crippen LogP contribution < -0.4 is 0 Å². The fourth-order valence-corrected chi connectivity index (χ4v) is 1.53. The molecule has 7 heteroatoms. The Balaban J connectivity index is 5.12. The summed E-state index contributed by atoms with van der Waals surface area (Å²) >= 11 is 0. The third-order valence-electron chi connectivity index (χ3n) is 2.02. The van der Waals surface area contributed by atoms with E-state index in [0.29, 0.717) is 0 Å². The third kappa shape index (κ3) is 1.32. The van der Waals surface area contributed by atoms with Crippen molar-refractivity contribution in [2.45, 2.75) is 0 Å². The van der Waals surface area contributed by atoms with E-state index < -0.39 is 37.7 Å². The Morgan fingerprint density at radius 3 is 1.17 bits per heavy atom. The van der Waals surface area contributed by atoms with E-state index >= 15 is 0 Å². The number of hydrogen-bond acceptors (Lipinski definition) is 5. The van der Waals surface area contributed by atoms with Gasteiger partial charge in [-0.25, -0.2) is 0 Å². The summed E-state index contributed by atoms with van der Waals surface area (Å²) < 4.78 is 0. The maximum absolute atomic E-state index is 10.7. The van der Waals surface area contributed by atoms with Crippen LogP contribution in [0.1, 0.15) is 0 Å². The Morgan fingerprint density at radius 2 is 1.17 bits per heavy atom. The molecule has 0 fully saturated rings. The molecule has 0 aliphatic heterocycles. The van der Waals surface area contributed by atoms with Gasteiger partial charge in [0.2, 0.25) is 0 Å². The molecule has 0 spiro atoms. The molecule has 0 aliphatic carbocycles. The van der Waals surface area contributed by atoms with E-state index in [1.54, 1.807) is 0 Å². The zero-order valence-corrected chi connectivity index (χ0v) is 7.31. The van der Waals surface area contributed by atoms with E-state index in [2.05, 4.69) is 0 Å². The number of hydrogen-bond donors (Lipinski definition) is 5. The summed E-state index contributed by atoms with van der Waals surface area (Å²) in [6.07, 6.45) is -3.59. The van der Waals surface area contributed by atoms with Crippen LogP contribution >= 0.6 is 6.60 Å². The van der Waals surface area contributed by atoms with Gasteiger partial charge in [-0.3, -0.25) is 0 Å². The van der Waals surface area contributed by atoms with Gasteiger partial charge in [0.25, 0.3) is 0 Å². The molecule has 0 rings (SSSR count). The summed E-state index contributed by atoms with van der Waals surface area (Å²) in [4.78, 5) is 10.7. The van der Waals surface area contributed by atoms with Crippen molar-refractivity contribution in [3.63, 3.8) is 0 Å². The van der Waals surface area contributed by atoms with Crippen LogP contribution in [0.5, 0.6) is 0 Å². The molecule has 5 N–H and O–H groups in total. The Bertz CT molecular complexity index is 153. The predicted octanol–water partition coefficient (Wildman–Crippen LogP) is -0.983. The van der Waals surface area contributed by atoms with Crippen molar-refractivity contribution in [3.8, 4) is 0 Å². The summed E-state index contributed by atoms with van der Waals surface area (Å²) in [5.74, 6) is 0. The second-order valence-corrected chi connectivity index (χ2v) is 8.28. The molecule has 0 unspecified atom stereocenters. The van der Waals surface area contributed by atoms with Gasteiger partial charge in [-0.15, -0.1) is 0 Å². The molecule has 0 radical (unpaired) electrons. The monoisotopic (exact) mass is 200 g/mol. The fourth-order valence-electron chi connectivity index (χ4n) is 0.510. The Labute approximate surface area is 69.0 Å². The van der Waals surface area contributed by atoms with Gasteiger partial charge < -0.3 is 0 Å². The molecular weight excluding hydrogens is 187 g/mol. The zero-order valence-electron chi connectivity index (χ0n) is 6.42. The quantitative estimate of drug-likeness (QED) is 0.364. The van der Waals surface area contributed by atoms with Gasteiger partial charge in [-0.1, -0.05) is 0 Å². The number of aliphatic hydroxyl groups excluding tert-OH is 4. The van der Waals surface area contributed by atoms with Crippen molar-refractivity contribution in [1.82, 2.24) is 0 Å². The van der Waals surface area contributed by atoms with E-state index in [1.807, 2.05) is 0 Å². The molecule has 0 aromatic carbocycles. The summed E-state index contributed by atoms with van der Waals surface area (Å²) in [7, 11) is 0. The van der Waals surface area contributed by atoms with Crippen LogP contribution in [-0.2, 0) is 0 Å². The molecular formula is C5H13O6P. The minimum absolute atomic E-state index is 0.898. The molecule has 0 bridgehead atoms. The zero-order chi connectivity index (χ0) is 9.85. The van der Waals surface area contributed by atoms with E-state index in [-0.39, 0.29) is 0 Å². The molecule has 6 nitrogen and oxygen atoms in total. The summed E-state index contributed by atoms with van der Waals surface area (Å²) in [5, 5.41) is 43.9. The molecule has 0 aliphatic rings. The first-order valence-electron chi connectivity index (χ1n) is 3.18. The first-order valence-corrected chi connectivity index (χ1v) is 6.16. The van der Waals surface area contributed by atoms with Gasteiger partial charge in [0.05, 0.1) is 0 Å². The van der Waals surface area contributed by atoms with Crippen LogP contribution in [-0.4, -0.2) is 56.6 Å². The number of aliphatic hydroxyl groups is 4. The molecule has 0 aromatic rings. The van der Waals surface area contributed by atoms with Crippen molar-refractivity contribution in [2.24, 2.45) is 0 Å². The fraction of sp³-hybridized carbons (Fsp3) is 0.800. The van der Waals surface area contributed by atoms with Crippen LogP contribution in [0.3, 0.4) is 0 Å². The molecule has 0 heterocycles. The van der Waals surface area contributed by atoms with E-state index in [4.69, 9.17) is 25.5 Å². The van der Waals surface area contributed by atoms with Gasteiger partial charge in [0.1, 0.15) is 0 Å². The van der Waals surface area contributed by atoms with E-state index in [1.165, 1.54) is 0 Å². The average molecular weight is 200 g/mol. The molecule has 12 heavy (non-hydrogen) atoms. The predicted molar refractivity (Wildman–Crippen MR) is 43.3 cm³/mol. The number of carbonyl (C=O) groups is 1. The van der Waals surface area contributed by atoms with Crippen LogP contribution in [0.25, 0.3) is 0 Å². The third-order valence-corrected chi connectivity index (χ3v) is 6.07. The van der Waals surface area contributed by atoms with Crippen molar-refractivity contribution in [2.75, 3.05) is 25.4 Å². The number of rotatable bonds is 5. The molecule has 0 aromatic heterocycles. The summed E-state index contributed by atoms with van der Waals surface area (Å²) in [6, 6.07) is 0. The molecule has 74 valence electrons. The van der Waals surface area contributed by atoms with Crippen molar-refractivity contribution in [3.05, 3.63) is 0 Å². The first-order chi connectivity index (χ1) is 5.51. The van der Waals surface area contributed by atoms with Gasteiger partial charge in [-0.05, 0) is 0 Å². The average Bonchev–Trinajstić information content (AvgIpc) is 2.10. The topological polar surface area (TPSA) is 118 Å². The summed E-state index contributed by atoms with van der Waals surface area (Å²) in [6.45, 7) is -4.15. The van der Waals surface area contributed by atoms with E-state index in [9.17, 15) is 4.79 Å². The van der Waals surface area contributed by atoms with Gasteiger partial charge in [0, 0.05) is 0 Å². The van der Waals surface area contributed by atoms with Crippen molar-refractivity contribution < 1.29 is 30.3 Å². The van der Waals surface area contributed by atoms with E-state index in [0.717, 1.165) is 0 Å². The Hall–Kier alpha value is -0.260. The second kappa shape index (κ2) is 3.64. The van der Waals surface area contributed by atoms with Gasteiger partial charge >= 0.3 is 68.0 Å². The van der Waals surface area contributed by atoms with Crippen LogP contribution in [0.2, 0.25) is 0 Å². The van der Waals surface area contributed by atoms with Gasteiger partial charge in [0.15, 0.2) is 0 Å². The first kappa shape index (κ1) is 11.7. The SMILES string of the molecule is O=C(O)P(CO)(CO)(CO)CO. The van der Waals surface area contributed by atoms with Crippen LogP contribution in [0.4, 0.5) is 4.79 Å². The molecule has 0 atom stereocenters. The molecule has 0 saturated heterocycles. The van der Waals surface area contributed by atoms with Crippen LogP contribution in [0.15, 0.2) is 0 Å². The van der Waals surface area contributed by atoms with Gasteiger partial charge in [-0.2, -0.15) is 0 Å².